The van der Waals surface area contributed by atoms with E-state index in [1.807, 2.05) is 0 Å². The Morgan fingerprint density at radius 3 is 2.30 bits per heavy atom. The number of benzene rings is 2. The Morgan fingerprint density at radius 1 is 0.946 bits per heavy atom. The first kappa shape index (κ1) is 26.3. The van der Waals surface area contributed by atoms with Gasteiger partial charge in [-0.2, -0.15) is 0 Å². The molecule has 0 spiro atoms. The maximum absolute atomic E-state index is 13.2. The van der Waals surface area contributed by atoms with E-state index in [0.717, 1.165) is 19.4 Å². The van der Waals surface area contributed by atoms with Crippen LogP contribution < -0.4 is 4.74 Å². The number of esters is 2. The molecule has 1 saturated heterocycles. The predicted molar refractivity (Wildman–Crippen MR) is 124 cm³/mol. The summed E-state index contributed by atoms with van der Waals surface area (Å²) in [6.07, 6.45) is -7.59. The fourth-order valence-electron chi connectivity index (χ4n) is 4.40. The number of rotatable bonds is 5. The van der Waals surface area contributed by atoms with Crippen LogP contribution in [0.1, 0.15) is 56.8 Å². The van der Waals surface area contributed by atoms with E-state index in [-0.39, 0.29) is 33.6 Å². The van der Waals surface area contributed by atoms with E-state index < -0.39 is 66.6 Å². The highest BCUT2D eigenvalue weighted by Gasteiger charge is 2.48. The molecular weight excluding hydrogens is 488 g/mol. The minimum absolute atomic E-state index is 0.0828. The van der Waals surface area contributed by atoms with E-state index in [9.17, 15) is 34.5 Å². The summed E-state index contributed by atoms with van der Waals surface area (Å²) in [5, 5.41) is 32.1. The van der Waals surface area contributed by atoms with Gasteiger partial charge in [0.25, 0.3) is 0 Å². The minimum atomic E-state index is -1.74. The van der Waals surface area contributed by atoms with Crippen LogP contribution in [0, 0.1) is 13.8 Å². The minimum Gasteiger partial charge on any atom is -0.507 e. The predicted octanol–water partition coefficient (Wildman–Crippen LogP) is 1.10. The molecule has 0 saturated carbocycles. The molecule has 11 heteroatoms. The maximum atomic E-state index is 13.2. The van der Waals surface area contributed by atoms with Gasteiger partial charge >= 0.3 is 11.9 Å². The fourth-order valence-corrected chi connectivity index (χ4v) is 4.40. The summed E-state index contributed by atoms with van der Waals surface area (Å²) in [5.41, 5.74) is 0.942. The van der Waals surface area contributed by atoms with Crippen molar-refractivity contribution in [3.05, 3.63) is 57.6 Å². The second kappa shape index (κ2) is 9.92. The van der Waals surface area contributed by atoms with Crippen molar-refractivity contribution in [2.75, 3.05) is 6.61 Å². The summed E-state index contributed by atoms with van der Waals surface area (Å²) >= 11 is 0. The lowest BCUT2D eigenvalue weighted by Gasteiger charge is -2.41. The summed E-state index contributed by atoms with van der Waals surface area (Å²) in [7, 11) is 0. The number of carbonyl (C=O) groups is 4. The molecule has 0 aromatic heterocycles. The first-order valence-electron chi connectivity index (χ1n) is 11.5. The Hall–Kier alpha value is -3.80. The third kappa shape index (κ3) is 4.80. The molecule has 1 heterocycles. The SMILES string of the molecule is CC(=O)OC[C@H]1O[C@@H](Oc2cc3c(c(O)c2C)C(=O)c2ccc(C)cc2C3=O)[C@H](O)[C@@H](O)[C@@H]1OC(C)=O. The summed E-state index contributed by atoms with van der Waals surface area (Å²) in [5.74, 6) is -3.01. The van der Waals surface area contributed by atoms with Crippen LogP contribution in [0.15, 0.2) is 24.3 Å². The third-order valence-electron chi connectivity index (χ3n) is 6.28. The number of ketones is 2. The van der Waals surface area contributed by atoms with Crippen molar-refractivity contribution in [3.63, 3.8) is 0 Å². The molecule has 2 aromatic rings. The molecule has 2 aliphatic rings. The first-order chi connectivity index (χ1) is 17.4. The lowest BCUT2D eigenvalue weighted by atomic mass is 9.82. The van der Waals surface area contributed by atoms with E-state index in [1.165, 1.54) is 19.1 Å². The van der Waals surface area contributed by atoms with Crippen LogP contribution in [0.4, 0.5) is 0 Å². The Kier molecular flexibility index (Phi) is 7.05. The number of aryl methyl sites for hydroxylation is 1. The van der Waals surface area contributed by atoms with Gasteiger partial charge in [0.05, 0.1) is 5.56 Å². The molecule has 196 valence electrons. The van der Waals surface area contributed by atoms with Gasteiger partial charge in [-0.3, -0.25) is 19.2 Å². The molecule has 3 N–H and O–H groups in total. The average Bonchev–Trinajstić information content (AvgIpc) is 2.83. The molecule has 0 unspecified atom stereocenters. The molecule has 1 fully saturated rings. The first-order valence-corrected chi connectivity index (χ1v) is 11.5. The number of aliphatic hydroxyl groups is 2. The zero-order chi connectivity index (χ0) is 27.2. The monoisotopic (exact) mass is 514 g/mol. The summed E-state index contributed by atoms with van der Waals surface area (Å²) in [4.78, 5) is 49.1. The number of aliphatic hydroxyl groups excluding tert-OH is 2. The molecule has 11 nitrogen and oxygen atoms in total. The smallest absolute Gasteiger partial charge is 0.303 e. The number of ether oxygens (including phenoxy) is 4. The van der Waals surface area contributed by atoms with Gasteiger partial charge in [-0.15, -0.1) is 0 Å². The van der Waals surface area contributed by atoms with Crippen LogP contribution in [0.3, 0.4) is 0 Å². The van der Waals surface area contributed by atoms with Crippen molar-refractivity contribution >= 4 is 23.5 Å². The van der Waals surface area contributed by atoms with E-state index >= 15 is 0 Å². The molecule has 2 aromatic carbocycles. The Morgan fingerprint density at radius 2 is 1.65 bits per heavy atom. The number of carbonyl (C=O) groups excluding carboxylic acids is 4. The number of fused-ring (bicyclic) bond motifs is 2. The van der Waals surface area contributed by atoms with Crippen molar-refractivity contribution in [1.82, 2.24) is 0 Å². The van der Waals surface area contributed by atoms with E-state index in [4.69, 9.17) is 18.9 Å². The molecule has 0 radical (unpaired) electrons. The fraction of sp³-hybridized carbons (Fsp3) is 0.385. The van der Waals surface area contributed by atoms with Crippen molar-refractivity contribution in [3.8, 4) is 11.5 Å². The number of hydrogen-bond donors (Lipinski definition) is 3. The van der Waals surface area contributed by atoms with E-state index in [2.05, 4.69) is 0 Å². The van der Waals surface area contributed by atoms with Crippen LogP contribution in [-0.2, 0) is 23.8 Å². The number of aromatic hydroxyl groups is 1. The standard InChI is InChI=1S/C26H26O11/c1-10-5-6-14-15(7-10)21(30)16-8-17(11(2)20(29)19(16)22(14)31)36-26-24(33)23(32)25(35-13(4)28)18(37-26)9-34-12(3)27/h5-8,18,23-26,29,32-33H,9H2,1-4H3/t18-,23-,24-,25-,26-/m1/s1. The molecule has 0 amide bonds. The van der Waals surface area contributed by atoms with Crippen molar-refractivity contribution in [2.24, 2.45) is 0 Å². The van der Waals surface area contributed by atoms with Crippen molar-refractivity contribution in [1.29, 1.82) is 0 Å². The molecule has 37 heavy (non-hydrogen) atoms. The second-order valence-electron chi connectivity index (χ2n) is 9.00. The third-order valence-corrected chi connectivity index (χ3v) is 6.28. The lowest BCUT2D eigenvalue weighted by Crippen LogP contribution is -2.61. The molecule has 4 rings (SSSR count). The highest BCUT2D eigenvalue weighted by Crippen LogP contribution is 2.40. The number of hydrogen-bond acceptors (Lipinski definition) is 11. The van der Waals surface area contributed by atoms with Gasteiger partial charge in [-0.05, 0) is 26.0 Å². The number of phenols is 1. The van der Waals surface area contributed by atoms with Gasteiger partial charge in [0.1, 0.15) is 36.4 Å². The highest BCUT2D eigenvalue weighted by molar-refractivity contribution is 6.29. The molecule has 1 aliphatic carbocycles. The van der Waals surface area contributed by atoms with Crippen molar-refractivity contribution in [2.45, 2.75) is 58.4 Å². The molecular formula is C26H26O11. The zero-order valence-electron chi connectivity index (χ0n) is 20.5. The van der Waals surface area contributed by atoms with Crippen LogP contribution >= 0.6 is 0 Å². The lowest BCUT2D eigenvalue weighted by molar-refractivity contribution is -0.282. The largest absolute Gasteiger partial charge is 0.507 e. The van der Waals surface area contributed by atoms with Gasteiger partial charge < -0.3 is 34.3 Å². The normalized spacial score (nSPS) is 24.6. The van der Waals surface area contributed by atoms with Gasteiger partial charge in [0.15, 0.2) is 17.7 Å². The maximum Gasteiger partial charge on any atom is 0.303 e. The van der Waals surface area contributed by atoms with Crippen LogP contribution in [-0.4, -0.2) is 76.1 Å². The second-order valence-corrected chi connectivity index (χ2v) is 9.00. The summed E-state index contributed by atoms with van der Waals surface area (Å²) in [6, 6.07) is 6.06. The number of phenolic OH excluding ortho intramolecular Hbond substituents is 1. The van der Waals surface area contributed by atoms with Crippen LogP contribution in [0.2, 0.25) is 0 Å². The molecule has 5 atom stereocenters. The van der Waals surface area contributed by atoms with Crippen LogP contribution in [0.5, 0.6) is 11.5 Å². The van der Waals surface area contributed by atoms with Crippen molar-refractivity contribution < 1.29 is 53.4 Å². The van der Waals surface area contributed by atoms with Gasteiger partial charge in [-0.25, -0.2) is 0 Å². The zero-order valence-corrected chi connectivity index (χ0v) is 20.5. The summed E-state index contributed by atoms with van der Waals surface area (Å²) in [6.45, 7) is 5.05. The van der Waals surface area contributed by atoms with Crippen LogP contribution in [0.25, 0.3) is 0 Å². The molecule has 0 bridgehead atoms. The van der Waals surface area contributed by atoms with E-state index in [1.54, 1.807) is 19.1 Å². The Balaban J connectivity index is 1.68. The van der Waals surface area contributed by atoms with Gasteiger partial charge in [-0.1, -0.05) is 17.7 Å². The van der Waals surface area contributed by atoms with Gasteiger partial charge in [0.2, 0.25) is 6.29 Å². The Labute approximate surface area is 211 Å². The highest BCUT2D eigenvalue weighted by atomic mass is 16.7. The average molecular weight is 514 g/mol. The molecule has 1 aliphatic heterocycles. The van der Waals surface area contributed by atoms with E-state index in [0.29, 0.717) is 0 Å². The topological polar surface area (TPSA) is 166 Å². The Bertz CT molecular complexity index is 1300. The summed E-state index contributed by atoms with van der Waals surface area (Å²) < 4.78 is 21.4. The quantitative estimate of drug-likeness (QED) is 0.417. The van der Waals surface area contributed by atoms with Gasteiger partial charge in [0, 0.05) is 36.1 Å².